The largest absolute Gasteiger partial charge is 0.386 e. The van der Waals surface area contributed by atoms with Gasteiger partial charge in [-0.1, -0.05) is 12.1 Å². The molecule has 2 aliphatic rings. The Kier molecular flexibility index (Phi) is 3.40. The monoisotopic (exact) mass is 294 g/mol. The van der Waals surface area contributed by atoms with Gasteiger partial charge in [0.15, 0.2) is 0 Å². The summed E-state index contributed by atoms with van der Waals surface area (Å²) >= 11 is 0. The van der Waals surface area contributed by atoms with Gasteiger partial charge in [0.25, 0.3) is 10.1 Å². The van der Waals surface area contributed by atoms with Crippen LogP contribution in [0.5, 0.6) is 0 Å². The third-order valence-electron chi connectivity index (χ3n) is 3.48. The van der Waals surface area contributed by atoms with E-state index in [-0.39, 0.29) is 4.90 Å². The Morgan fingerprint density at radius 2 is 1.65 bits per heavy atom. The standard InChI is InChI=1S/C15H18O4S/c1-9-5-6-11(15(3,4)16)8-12-10(2)7-13(14(9)12)20(17,18)19/h5-8,16H,1-4H3,(H,17,18,19). The highest BCUT2D eigenvalue weighted by atomic mass is 32.2. The van der Waals surface area contributed by atoms with E-state index in [1.54, 1.807) is 45.9 Å². The van der Waals surface area contributed by atoms with E-state index in [9.17, 15) is 18.1 Å². The van der Waals surface area contributed by atoms with Gasteiger partial charge in [0.05, 0.1) is 5.60 Å². The second-order valence-corrected chi connectivity index (χ2v) is 7.02. The van der Waals surface area contributed by atoms with E-state index in [0.29, 0.717) is 11.1 Å². The molecule has 0 aliphatic heterocycles. The van der Waals surface area contributed by atoms with Gasteiger partial charge in [-0.15, -0.1) is 0 Å². The zero-order valence-corrected chi connectivity index (χ0v) is 12.7. The summed E-state index contributed by atoms with van der Waals surface area (Å²) in [6.07, 6.45) is 0. The van der Waals surface area contributed by atoms with Gasteiger partial charge >= 0.3 is 0 Å². The first-order valence-corrected chi connectivity index (χ1v) is 7.70. The van der Waals surface area contributed by atoms with Crippen LogP contribution in [0.4, 0.5) is 0 Å². The van der Waals surface area contributed by atoms with Crippen LogP contribution < -0.4 is 0 Å². The van der Waals surface area contributed by atoms with Crippen molar-refractivity contribution in [3.63, 3.8) is 0 Å². The lowest BCUT2D eigenvalue weighted by Crippen LogP contribution is -2.14. The smallest absolute Gasteiger partial charge is 0.295 e. The first-order chi connectivity index (χ1) is 9.01. The summed E-state index contributed by atoms with van der Waals surface area (Å²) < 4.78 is 32.4. The number of fused-ring (bicyclic) bond motifs is 1. The molecule has 0 saturated heterocycles. The predicted molar refractivity (Wildman–Crippen MR) is 77.6 cm³/mol. The molecular weight excluding hydrogens is 276 g/mol. The summed E-state index contributed by atoms with van der Waals surface area (Å²) in [4.78, 5) is -0.0830. The molecule has 0 aromatic rings. The van der Waals surface area contributed by atoms with E-state index in [0.717, 1.165) is 16.7 Å². The zero-order chi connectivity index (χ0) is 15.3. The van der Waals surface area contributed by atoms with Crippen molar-refractivity contribution in [2.45, 2.75) is 38.2 Å². The maximum absolute atomic E-state index is 11.5. The van der Waals surface area contributed by atoms with Gasteiger partial charge in [0, 0.05) is 5.56 Å². The van der Waals surface area contributed by atoms with Gasteiger partial charge in [-0.05, 0) is 62.1 Å². The van der Waals surface area contributed by atoms with Crippen molar-refractivity contribution >= 4 is 10.1 Å². The normalized spacial score (nSPS) is 12.9. The van der Waals surface area contributed by atoms with Crippen molar-refractivity contribution in [3.8, 4) is 11.1 Å². The van der Waals surface area contributed by atoms with E-state index < -0.39 is 15.7 Å². The summed E-state index contributed by atoms with van der Waals surface area (Å²) in [7, 11) is -4.27. The summed E-state index contributed by atoms with van der Waals surface area (Å²) in [6, 6.07) is 6.75. The third kappa shape index (κ3) is 2.57. The maximum Gasteiger partial charge on any atom is 0.295 e. The Balaban J connectivity index is 2.88. The number of aryl methyl sites for hydroxylation is 2. The minimum atomic E-state index is -4.27. The van der Waals surface area contributed by atoms with E-state index >= 15 is 0 Å². The topological polar surface area (TPSA) is 74.6 Å². The maximum atomic E-state index is 11.5. The van der Waals surface area contributed by atoms with Crippen LogP contribution in [-0.4, -0.2) is 18.1 Å². The summed E-state index contributed by atoms with van der Waals surface area (Å²) in [5.74, 6) is 0. The van der Waals surface area contributed by atoms with Crippen molar-refractivity contribution < 1.29 is 18.1 Å². The lowest BCUT2D eigenvalue weighted by molar-refractivity contribution is 0.0787. The molecule has 0 saturated carbocycles. The molecule has 0 radical (unpaired) electrons. The highest BCUT2D eigenvalue weighted by Gasteiger charge is 2.25. The predicted octanol–water partition coefficient (Wildman–Crippen LogP) is 2.88. The van der Waals surface area contributed by atoms with Crippen LogP contribution >= 0.6 is 0 Å². The summed E-state index contributed by atoms with van der Waals surface area (Å²) in [5, 5.41) is 10.1. The van der Waals surface area contributed by atoms with Gasteiger partial charge in [-0.25, -0.2) is 0 Å². The van der Waals surface area contributed by atoms with Crippen molar-refractivity contribution in [3.05, 3.63) is 41.0 Å². The molecule has 2 aliphatic carbocycles. The Morgan fingerprint density at radius 3 is 2.15 bits per heavy atom. The van der Waals surface area contributed by atoms with Crippen molar-refractivity contribution in [2.24, 2.45) is 0 Å². The van der Waals surface area contributed by atoms with Gasteiger partial charge in [-0.3, -0.25) is 4.55 Å². The zero-order valence-electron chi connectivity index (χ0n) is 11.9. The minimum absolute atomic E-state index is 0.0830. The highest BCUT2D eigenvalue weighted by molar-refractivity contribution is 7.86. The average Bonchev–Trinajstić information content (AvgIpc) is 2.48. The molecule has 4 nitrogen and oxygen atoms in total. The van der Waals surface area contributed by atoms with Crippen molar-refractivity contribution in [2.75, 3.05) is 0 Å². The van der Waals surface area contributed by atoms with E-state index in [2.05, 4.69) is 0 Å². The first kappa shape index (κ1) is 15.0. The number of rotatable bonds is 2. The first-order valence-electron chi connectivity index (χ1n) is 6.26. The molecular formula is C15H18O4S. The number of aliphatic hydroxyl groups is 1. The number of hydrogen-bond donors (Lipinski definition) is 2. The van der Waals surface area contributed by atoms with Gasteiger partial charge in [0.1, 0.15) is 4.90 Å². The molecule has 0 atom stereocenters. The fourth-order valence-electron chi connectivity index (χ4n) is 2.35. The van der Waals surface area contributed by atoms with Gasteiger partial charge in [0.2, 0.25) is 0 Å². The highest BCUT2D eigenvalue weighted by Crippen LogP contribution is 2.38. The summed E-state index contributed by atoms with van der Waals surface area (Å²) in [6.45, 7) is 6.91. The second kappa shape index (κ2) is 4.55. The van der Waals surface area contributed by atoms with Gasteiger partial charge < -0.3 is 5.11 Å². The van der Waals surface area contributed by atoms with Crippen LogP contribution in [0.15, 0.2) is 29.2 Å². The molecule has 2 N–H and O–H groups in total. The molecule has 0 aromatic carbocycles. The van der Waals surface area contributed by atoms with E-state index in [1.165, 1.54) is 6.07 Å². The lowest BCUT2D eigenvalue weighted by Gasteiger charge is -2.16. The van der Waals surface area contributed by atoms with Crippen molar-refractivity contribution in [1.82, 2.24) is 0 Å². The van der Waals surface area contributed by atoms with Gasteiger partial charge in [-0.2, -0.15) is 8.42 Å². The van der Waals surface area contributed by atoms with Crippen LogP contribution in [0, 0.1) is 13.8 Å². The number of hydrogen-bond acceptors (Lipinski definition) is 3. The Morgan fingerprint density at radius 1 is 1.05 bits per heavy atom. The molecule has 20 heavy (non-hydrogen) atoms. The molecule has 0 fully saturated rings. The Bertz CT molecular complexity index is 739. The fourth-order valence-corrected chi connectivity index (χ4v) is 3.21. The molecule has 0 heterocycles. The molecule has 0 amide bonds. The molecule has 5 heteroatoms. The van der Waals surface area contributed by atoms with E-state index in [1.807, 2.05) is 0 Å². The second-order valence-electron chi connectivity index (χ2n) is 5.63. The average molecular weight is 294 g/mol. The van der Waals surface area contributed by atoms with Crippen LogP contribution in [0.3, 0.4) is 0 Å². The lowest BCUT2D eigenvalue weighted by atomic mass is 9.98. The molecule has 2 rings (SSSR count). The van der Waals surface area contributed by atoms with Crippen LogP contribution in [0.25, 0.3) is 11.1 Å². The van der Waals surface area contributed by atoms with E-state index in [4.69, 9.17) is 0 Å². The van der Waals surface area contributed by atoms with Crippen molar-refractivity contribution in [1.29, 1.82) is 0 Å². The molecule has 0 spiro atoms. The van der Waals surface area contributed by atoms with Crippen LogP contribution in [-0.2, 0) is 15.7 Å². The third-order valence-corrected chi connectivity index (χ3v) is 4.36. The quantitative estimate of drug-likeness (QED) is 0.835. The van der Waals surface area contributed by atoms with Crippen LogP contribution in [0.1, 0.15) is 30.5 Å². The summed E-state index contributed by atoms with van der Waals surface area (Å²) in [5.41, 5.74) is 2.36. The Hall–Kier alpha value is -1.43. The molecule has 108 valence electrons. The Labute approximate surface area is 119 Å². The SMILES string of the molecule is Cc1cc(S(=O)(=O)O)c2c(C)ccc(C(C)(C)O)cc1-2. The molecule has 0 aromatic heterocycles. The molecule has 0 unspecified atom stereocenters. The minimum Gasteiger partial charge on any atom is -0.386 e. The van der Waals surface area contributed by atoms with Crippen LogP contribution in [0.2, 0.25) is 0 Å². The fraction of sp³-hybridized carbons (Fsp3) is 0.333. The molecule has 0 bridgehead atoms.